The molecule has 5 nitrogen and oxygen atoms in total. The Labute approximate surface area is 173 Å². The van der Waals surface area contributed by atoms with Gasteiger partial charge in [0.2, 0.25) is 5.91 Å². The molecule has 1 aliphatic rings. The van der Waals surface area contributed by atoms with Crippen LogP contribution in [0.1, 0.15) is 62.3 Å². The van der Waals surface area contributed by atoms with Crippen LogP contribution in [0.5, 0.6) is 0 Å². The minimum atomic E-state index is -4.37. The standard InChI is InChI=1S/C23H29NO4S/c1-5-23(3,4)22(25)24-14-13-18(21(24)17-9-7-6-8-10-17)19-15-16(2)11-12-20(19)29(26,27)28/h6-12,15,18,21H,5,13-14H2,1-4H3,(H,26,27,28)/t18-,21+/m1/s1. The third-order valence-corrected chi connectivity index (χ3v) is 7.03. The van der Waals surface area contributed by atoms with E-state index in [4.69, 9.17) is 0 Å². The van der Waals surface area contributed by atoms with E-state index in [1.165, 1.54) is 6.07 Å². The second-order valence-electron chi connectivity index (χ2n) is 8.50. The lowest BCUT2D eigenvalue weighted by atomic mass is 9.84. The van der Waals surface area contributed by atoms with Crippen molar-refractivity contribution in [3.63, 3.8) is 0 Å². The van der Waals surface area contributed by atoms with Gasteiger partial charge < -0.3 is 4.90 Å². The molecular weight excluding hydrogens is 386 g/mol. The average molecular weight is 416 g/mol. The van der Waals surface area contributed by atoms with Crippen molar-refractivity contribution in [2.75, 3.05) is 6.54 Å². The summed E-state index contributed by atoms with van der Waals surface area (Å²) in [5.74, 6) is -0.150. The first-order chi connectivity index (χ1) is 13.6. The molecule has 2 atom stereocenters. The number of benzene rings is 2. The predicted molar refractivity (Wildman–Crippen MR) is 113 cm³/mol. The number of amides is 1. The monoisotopic (exact) mass is 415 g/mol. The zero-order valence-electron chi connectivity index (χ0n) is 17.4. The molecular formula is C23H29NO4S. The van der Waals surface area contributed by atoms with E-state index in [9.17, 15) is 17.8 Å². The van der Waals surface area contributed by atoms with E-state index < -0.39 is 15.5 Å². The Bertz CT molecular complexity index is 999. The van der Waals surface area contributed by atoms with Crippen molar-refractivity contribution >= 4 is 16.0 Å². The molecule has 156 valence electrons. The summed E-state index contributed by atoms with van der Waals surface area (Å²) in [6, 6.07) is 14.4. The lowest BCUT2D eigenvalue weighted by molar-refractivity contribution is -0.141. The van der Waals surface area contributed by atoms with Crippen molar-refractivity contribution in [3.8, 4) is 0 Å². The van der Waals surface area contributed by atoms with E-state index in [-0.39, 0.29) is 22.8 Å². The topological polar surface area (TPSA) is 74.7 Å². The molecule has 0 unspecified atom stereocenters. The number of hydrogen-bond donors (Lipinski definition) is 1. The highest BCUT2D eigenvalue weighted by Crippen LogP contribution is 2.47. The minimum Gasteiger partial charge on any atom is -0.335 e. The van der Waals surface area contributed by atoms with E-state index in [1.54, 1.807) is 6.07 Å². The zero-order chi connectivity index (χ0) is 21.4. The number of carbonyl (C=O) groups is 1. The number of nitrogens with zero attached hydrogens (tertiary/aromatic N) is 1. The van der Waals surface area contributed by atoms with Gasteiger partial charge in [-0.05, 0) is 37.0 Å². The van der Waals surface area contributed by atoms with Gasteiger partial charge in [0.05, 0.1) is 10.9 Å². The molecule has 2 aromatic rings. The summed E-state index contributed by atoms with van der Waals surface area (Å²) in [4.78, 5) is 15.2. The van der Waals surface area contributed by atoms with Crippen LogP contribution >= 0.6 is 0 Å². The van der Waals surface area contributed by atoms with Crippen molar-refractivity contribution in [1.29, 1.82) is 0 Å². The van der Waals surface area contributed by atoms with Gasteiger partial charge in [-0.3, -0.25) is 9.35 Å². The van der Waals surface area contributed by atoms with Gasteiger partial charge in [0.25, 0.3) is 10.1 Å². The second kappa shape index (κ2) is 7.92. The number of rotatable bonds is 5. The lowest BCUT2D eigenvalue weighted by Crippen LogP contribution is -2.40. The summed E-state index contributed by atoms with van der Waals surface area (Å²) >= 11 is 0. The van der Waals surface area contributed by atoms with Crippen molar-refractivity contribution in [1.82, 2.24) is 4.90 Å². The third-order valence-electron chi connectivity index (χ3n) is 6.11. The molecule has 0 radical (unpaired) electrons. The Kier molecular flexibility index (Phi) is 5.88. The van der Waals surface area contributed by atoms with Crippen molar-refractivity contribution in [2.24, 2.45) is 5.41 Å². The fourth-order valence-electron chi connectivity index (χ4n) is 4.14. The molecule has 1 fully saturated rings. The summed E-state index contributed by atoms with van der Waals surface area (Å²) in [7, 11) is -4.37. The number of hydrogen-bond acceptors (Lipinski definition) is 3. The van der Waals surface area contributed by atoms with E-state index in [0.29, 0.717) is 18.5 Å². The molecule has 0 spiro atoms. The van der Waals surface area contributed by atoms with Crippen molar-refractivity contribution in [3.05, 3.63) is 65.2 Å². The first kappa shape index (κ1) is 21.5. The van der Waals surface area contributed by atoms with Gasteiger partial charge in [0.1, 0.15) is 0 Å². The van der Waals surface area contributed by atoms with Crippen LogP contribution in [0.15, 0.2) is 53.4 Å². The lowest BCUT2D eigenvalue weighted by Gasteiger charge is -2.35. The smallest absolute Gasteiger partial charge is 0.294 e. The Hall–Kier alpha value is -2.18. The molecule has 6 heteroatoms. The molecule has 2 aromatic carbocycles. The average Bonchev–Trinajstić information content (AvgIpc) is 3.11. The molecule has 1 N–H and O–H groups in total. The second-order valence-corrected chi connectivity index (χ2v) is 9.89. The fourth-order valence-corrected chi connectivity index (χ4v) is 4.89. The Morgan fingerprint density at radius 1 is 1.17 bits per heavy atom. The molecule has 3 rings (SSSR count). The van der Waals surface area contributed by atoms with Gasteiger partial charge in [-0.15, -0.1) is 0 Å². The summed E-state index contributed by atoms with van der Waals surface area (Å²) in [5, 5.41) is 0. The van der Waals surface area contributed by atoms with Crippen molar-refractivity contribution < 1.29 is 17.8 Å². The highest BCUT2D eigenvalue weighted by Gasteiger charge is 2.44. The molecule has 1 aliphatic heterocycles. The first-order valence-electron chi connectivity index (χ1n) is 10.0. The summed E-state index contributed by atoms with van der Waals surface area (Å²) < 4.78 is 33.9. The van der Waals surface area contributed by atoms with E-state index in [0.717, 1.165) is 17.5 Å². The van der Waals surface area contributed by atoms with Crippen molar-refractivity contribution in [2.45, 2.75) is 57.4 Å². The number of aryl methyl sites for hydroxylation is 1. The molecule has 0 aromatic heterocycles. The van der Waals surface area contributed by atoms with Crippen LogP contribution in [0.2, 0.25) is 0 Å². The van der Waals surface area contributed by atoms with E-state index >= 15 is 0 Å². The molecule has 29 heavy (non-hydrogen) atoms. The minimum absolute atomic E-state index is 0.0670. The molecule has 0 aliphatic carbocycles. The van der Waals surface area contributed by atoms with Gasteiger partial charge in [0.15, 0.2) is 0 Å². The van der Waals surface area contributed by atoms with Gasteiger partial charge >= 0.3 is 0 Å². The van der Waals surface area contributed by atoms with Gasteiger partial charge in [-0.2, -0.15) is 8.42 Å². The summed E-state index contributed by atoms with van der Waals surface area (Å²) in [5.41, 5.74) is 1.96. The highest BCUT2D eigenvalue weighted by atomic mass is 32.2. The highest BCUT2D eigenvalue weighted by molar-refractivity contribution is 7.85. The maximum atomic E-state index is 13.4. The quantitative estimate of drug-likeness (QED) is 0.716. The SMILES string of the molecule is CCC(C)(C)C(=O)N1CC[C@H](c2cc(C)ccc2S(=O)(=O)O)[C@@H]1c1ccccc1. The number of carbonyl (C=O) groups excluding carboxylic acids is 1. The summed E-state index contributed by atoms with van der Waals surface area (Å²) in [6.45, 7) is 8.33. The Balaban J connectivity index is 2.15. The molecule has 1 saturated heterocycles. The van der Waals surface area contributed by atoms with Crippen LogP contribution in [0.3, 0.4) is 0 Å². The van der Waals surface area contributed by atoms with Gasteiger partial charge in [-0.25, -0.2) is 0 Å². The van der Waals surface area contributed by atoms with Crippen LogP contribution in [0.4, 0.5) is 0 Å². The normalized spacial score (nSPS) is 20.1. The Morgan fingerprint density at radius 3 is 2.41 bits per heavy atom. The van der Waals surface area contributed by atoms with E-state index in [1.807, 2.05) is 69.0 Å². The summed E-state index contributed by atoms with van der Waals surface area (Å²) in [6.07, 6.45) is 1.35. The third kappa shape index (κ3) is 4.23. The van der Waals surface area contributed by atoms with Gasteiger partial charge in [-0.1, -0.05) is 68.8 Å². The zero-order valence-corrected chi connectivity index (χ0v) is 18.2. The van der Waals surface area contributed by atoms with Crippen LogP contribution in [-0.2, 0) is 14.9 Å². The molecule has 1 amide bonds. The molecule has 0 saturated carbocycles. The maximum Gasteiger partial charge on any atom is 0.294 e. The van der Waals surface area contributed by atoms with E-state index in [2.05, 4.69) is 0 Å². The Morgan fingerprint density at radius 2 is 1.83 bits per heavy atom. The van der Waals surface area contributed by atoms with Crippen LogP contribution in [0.25, 0.3) is 0 Å². The van der Waals surface area contributed by atoms with Crippen LogP contribution in [0, 0.1) is 12.3 Å². The van der Waals surface area contributed by atoms with Crippen LogP contribution in [-0.4, -0.2) is 30.3 Å². The first-order valence-corrected chi connectivity index (χ1v) is 11.4. The van der Waals surface area contributed by atoms with Crippen LogP contribution < -0.4 is 0 Å². The molecule has 0 bridgehead atoms. The maximum absolute atomic E-state index is 13.4. The number of likely N-dealkylation sites (tertiary alicyclic amines) is 1. The fraction of sp³-hybridized carbons (Fsp3) is 0.435. The largest absolute Gasteiger partial charge is 0.335 e. The van der Waals surface area contributed by atoms with Gasteiger partial charge in [0, 0.05) is 17.9 Å². The predicted octanol–water partition coefficient (Wildman–Crippen LogP) is 4.74. The molecule has 1 heterocycles.